The molecule has 0 saturated heterocycles. The molecule has 20 heavy (non-hydrogen) atoms. The fourth-order valence-electron chi connectivity index (χ4n) is 1.57. The van der Waals surface area contributed by atoms with E-state index < -0.39 is 17.3 Å². The van der Waals surface area contributed by atoms with Crippen LogP contribution in [-0.4, -0.2) is 31.5 Å². The van der Waals surface area contributed by atoms with E-state index in [1.54, 1.807) is 6.07 Å². The summed E-state index contributed by atoms with van der Waals surface area (Å²) in [4.78, 5) is 0. The molecule has 0 bridgehead atoms. The molecule has 0 aliphatic rings. The molecular weight excluding hydrogens is 273 g/mol. The second-order valence-electron chi connectivity index (χ2n) is 3.99. The van der Waals surface area contributed by atoms with Crippen LogP contribution >= 0.6 is 0 Å². The minimum atomic E-state index is -4.53. The van der Waals surface area contributed by atoms with Gasteiger partial charge in [-0.1, -0.05) is 0 Å². The Morgan fingerprint density at radius 2 is 2.05 bits per heavy atom. The first kappa shape index (κ1) is 16.3. The summed E-state index contributed by atoms with van der Waals surface area (Å²) in [7, 11) is 0. The van der Waals surface area contributed by atoms with Crippen molar-refractivity contribution in [3.8, 4) is 6.07 Å². The summed E-state index contributed by atoms with van der Waals surface area (Å²) in [6.07, 6.45) is -3.88. The predicted octanol–water partition coefficient (Wildman–Crippen LogP) is 2.39. The molecule has 0 aromatic heterocycles. The van der Waals surface area contributed by atoms with Crippen LogP contribution < -0.4 is 5.32 Å². The first-order valence-corrected chi connectivity index (χ1v) is 6.03. The van der Waals surface area contributed by atoms with Gasteiger partial charge in [0.15, 0.2) is 0 Å². The molecule has 2 N–H and O–H groups in total. The second-order valence-corrected chi connectivity index (χ2v) is 3.99. The SMILES string of the molecule is N#Cc1cc(NCCCOCCO)ccc1C(F)(F)F. The van der Waals surface area contributed by atoms with Crippen molar-refractivity contribution in [2.75, 3.05) is 31.7 Å². The Bertz CT molecular complexity index is 470. The van der Waals surface area contributed by atoms with Gasteiger partial charge in [-0.25, -0.2) is 0 Å². The van der Waals surface area contributed by atoms with E-state index in [9.17, 15) is 13.2 Å². The zero-order valence-electron chi connectivity index (χ0n) is 10.7. The van der Waals surface area contributed by atoms with Gasteiger partial charge in [-0.2, -0.15) is 18.4 Å². The molecule has 0 spiro atoms. The van der Waals surface area contributed by atoms with Gasteiger partial charge in [0.2, 0.25) is 0 Å². The smallest absolute Gasteiger partial charge is 0.394 e. The van der Waals surface area contributed by atoms with Crippen molar-refractivity contribution in [1.29, 1.82) is 5.26 Å². The summed E-state index contributed by atoms with van der Waals surface area (Å²) in [6.45, 7) is 1.16. The maximum absolute atomic E-state index is 12.6. The second kappa shape index (κ2) is 7.72. The highest BCUT2D eigenvalue weighted by Gasteiger charge is 2.33. The minimum absolute atomic E-state index is 0.0438. The number of benzene rings is 1. The zero-order valence-corrected chi connectivity index (χ0v) is 10.7. The van der Waals surface area contributed by atoms with E-state index in [1.165, 1.54) is 12.1 Å². The number of rotatable bonds is 7. The quantitative estimate of drug-likeness (QED) is 0.756. The topological polar surface area (TPSA) is 65.3 Å². The summed E-state index contributed by atoms with van der Waals surface area (Å²) in [6, 6.07) is 4.91. The lowest BCUT2D eigenvalue weighted by atomic mass is 10.1. The van der Waals surface area contributed by atoms with Crippen LogP contribution in [0, 0.1) is 11.3 Å². The normalized spacial score (nSPS) is 11.2. The number of halogens is 3. The number of anilines is 1. The van der Waals surface area contributed by atoms with Crippen LogP contribution in [-0.2, 0) is 10.9 Å². The third kappa shape index (κ3) is 5.07. The zero-order chi connectivity index (χ0) is 15.0. The largest absolute Gasteiger partial charge is 0.417 e. The van der Waals surface area contributed by atoms with E-state index in [2.05, 4.69) is 5.32 Å². The number of hydrogen-bond donors (Lipinski definition) is 2. The van der Waals surface area contributed by atoms with Gasteiger partial charge in [-0.05, 0) is 24.6 Å². The van der Waals surface area contributed by atoms with Crippen molar-refractivity contribution < 1.29 is 23.0 Å². The molecule has 1 rings (SSSR count). The van der Waals surface area contributed by atoms with Crippen LogP contribution in [0.5, 0.6) is 0 Å². The van der Waals surface area contributed by atoms with E-state index in [4.69, 9.17) is 15.1 Å². The van der Waals surface area contributed by atoms with Gasteiger partial charge in [0.05, 0.1) is 30.4 Å². The monoisotopic (exact) mass is 288 g/mol. The third-order valence-corrected chi connectivity index (χ3v) is 2.48. The van der Waals surface area contributed by atoms with E-state index in [-0.39, 0.29) is 13.2 Å². The Morgan fingerprint density at radius 3 is 2.65 bits per heavy atom. The average molecular weight is 288 g/mol. The van der Waals surface area contributed by atoms with E-state index in [0.717, 1.165) is 6.07 Å². The standard InChI is InChI=1S/C13H15F3N2O2/c14-13(15,16)12-3-2-11(8-10(12)9-17)18-4-1-6-20-7-5-19/h2-3,8,18-19H,1,4-7H2. The molecule has 0 aliphatic carbocycles. The van der Waals surface area contributed by atoms with Crippen LogP contribution in [0.2, 0.25) is 0 Å². The lowest BCUT2D eigenvalue weighted by molar-refractivity contribution is -0.137. The molecule has 1 aromatic rings. The van der Waals surface area contributed by atoms with Gasteiger partial charge in [-0.3, -0.25) is 0 Å². The Balaban J connectivity index is 2.55. The number of nitrogens with one attached hydrogen (secondary N) is 1. The number of ether oxygens (including phenoxy) is 1. The highest BCUT2D eigenvalue weighted by molar-refractivity contribution is 5.53. The first-order valence-electron chi connectivity index (χ1n) is 6.03. The molecule has 7 heteroatoms. The highest BCUT2D eigenvalue weighted by atomic mass is 19.4. The number of aliphatic hydroxyl groups is 1. The minimum Gasteiger partial charge on any atom is -0.394 e. The van der Waals surface area contributed by atoms with E-state index >= 15 is 0 Å². The molecule has 0 atom stereocenters. The Morgan fingerprint density at radius 1 is 1.30 bits per heavy atom. The summed E-state index contributed by atoms with van der Waals surface area (Å²) in [5.41, 5.74) is -0.882. The van der Waals surface area contributed by atoms with Crippen molar-refractivity contribution in [2.24, 2.45) is 0 Å². The Kier molecular flexibility index (Phi) is 6.28. The molecule has 1 aromatic carbocycles. The molecule has 0 fully saturated rings. The molecule has 0 unspecified atom stereocenters. The van der Waals surface area contributed by atoms with Crippen LogP contribution in [0.1, 0.15) is 17.5 Å². The van der Waals surface area contributed by atoms with Crippen molar-refractivity contribution in [3.05, 3.63) is 29.3 Å². The van der Waals surface area contributed by atoms with Gasteiger partial charge in [0, 0.05) is 18.8 Å². The Hall–Kier alpha value is -1.78. The molecule has 0 saturated carbocycles. The number of hydrogen-bond acceptors (Lipinski definition) is 4. The molecule has 0 radical (unpaired) electrons. The third-order valence-electron chi connectivity index (χ3n) is 2.48. The van der Waals surface area contributed by atoms with Crippen molar-refractivity contribution in [2.45, 2.75) is 12.6 Å². The van der Waals surface area contributed by atoms with Gasteiger partial charge >= 0.3 is 6.18 Å². The van der Waals surface area contributed by atoms with Crippen LogP contribution in [0.25, 0.3) is 0 Å². The summed E-state index contributed by atoms with van der Waals surface area (Å²) in [5, 5.41) is 20.2. The molecule has 0 amide bonds. The van der Waals surface area contributed by atoms with Gasteiger partial charge < -0.3 is 15.2 Å². The Labute approximate surface area is 114 Å². The summed E-state index contributed by atoms with van der Waals surface area (Å²) in [5.74, 6) is 0. The van der Waals surface area contributed by atoms with Crippen LogP contribution in [0.3, 0.4) is 0 Å². The van der Waals surface area contributed by atoms with E-state index in [1.807, 2.05) is 0 Å². The van der Waals surface area contributed by atoms with Gasteiger partial charge in [-0.15, -0.1) is 0 Å². The summed E-state index contributed by atoms with van der Waals surface area (Å²) < 4.78 is 42.8. The number of alkyl halides is 3. The maximum atomic E-state index is 12.6. The summed E-state index contributed by atoms with van der Waals surface area (Å²) >= 11 is 0. The first-order chi connectivity index (χ1) is 9.49. The fourth-order valence-corrected chi connectivity index (χ4v) is 1.57. The maximum Gasteiger partial charge on any atom is 0.417 e. The van der Waals surface area contributed by atoms with Gasteiger partial charge in [0.1, 0.15) is 0 Å². The highest BCUT2D eigenvalue weighted by Crippen LogP contribution is 2.32. The number of aliphatic hydroxyl groups excluding tert-OH is 1. The molecule has 110 valence electrons. The fraction of sp³-hybridized carbons (Fsp3) is 0.462. The number of nitriles is 1. The van der Waals surface area contributed by atoms with Crippen molar-refractivity contribution in [1.82, 2.24) is 0 Å². The van der Waals surface area contributed by atoms with Crippen LogP contribution in [0.15, 0.2) is 18.2 Å². The molecule has 4 nitrogen and oxygen atoms in total. The lowest BCUT2D eigenvalue weighted by Gasteiger charge is -2.11. The van der Waals surface area contributed by atoms with Crippen molar-refractivity contribution >= 4 is 5.69 Å². The number of nitrogens with zero attached hydrogens (tertiary/aromatic N) is 1. The average Bonchev–Trinajstić information content (AvgIpc) is 2.41. The van der Waals surface area contributed by atoms with E-state index in [0.29, 0.717) is 25.3 Å². The molecular formula is C13H15F3N2O2. The predicted molar refractivity (Wildman–Crippen MR) is 67.2 cm³/mol. The van der Waals surface area contributed by atoms with Crippen molar-refractivity contribution in [3.63, 3.8) is 0 Å². The van der Waals surface area contributed by atoms with Crippen LogP contribution in [0.4, 0.5) is 18.9 Å². The van der Waals surface area contributed by atoms with Gasteiger partial charge in [0.25, 0.3) is 0 Å². The molecule has 0 aliphatic heterocycles. The lowest BCUT2D eigenvalue weighted by Crippen LogP contribution is -2.10. The molecule has 0 heterocycles.